The van der Waals surface area contributed by atoms with Crippen LogP contribution in [-0.4, -0.2) is 56.7 Å². The van der Waals surface area contributed by atoms with E-state index in [1.54, 1.807) is 18.4 Å². The Morgan fingerprint density at radius 3 is 2.54 bits per heavy atom. The van der Waals surface area contributed by atoms with Gasteiger partial charge in [0.1, 0.15) is 5.75 Å². The molecule has 0 aliphatic rings. The number of rotatable bonds is 10. The Morgan fingerprint density at radius 2 is 1.96 bits per heavy atom. The standard InChI is InChI=1S/C21H33N5OS/c1-6-18-14-24-20(28-18)12-13-23-21(22-7-2)25-15-19(26(3)4)16-8-10-17(27-5)11-9-16/h8-11,14,19H,6-7,12-13,15H2,1-5H3,(H2,22,23,25). The van der Waals surface area contributed by atoms with E-state index in [0.717, 1.165) is 37.6 Å². The van der Waals surface area contributed by atoms with E-state index in [0.29, 0.717) is 6.54 Å². The van der Waals surface area contributed by atoms with Gasteiger partial charge >= 0.3 is 0 Å². The Labute approximate surface area is 173 Å². The van der Waals surface area contributed by atoms with Crippen LogP contribution < -0.4 is 15.4 Å². The maximum absolute atomic E-state index is 5.26. The largest absolute Gasteiger partial charge is 0.497 e. The average Bonchev–Trinajstić information content (AvgIpc) is 3.16. The second-order valence-corrected chi connectivity index (χ2v) is 7.92. The fraction of sp³-hybridized carbons (Fsp3) is 0.524. The Balaban J connectivity index is 1.97. The van der Waals surface area contributed by atoms with Gasteiger partial charge in [0.05, 0.1) is 24.7 Å². The molecule has 0 bridgehead atoms. The first kappa shape index (κ1) is 22.2. The highest BCUT2D eigenvalue weighted by Crippen LogP contribution is 2.21. The molecule has 1 heterocycles. The van der Waals surface area contributed by atoms with Crippen LogP contribution in [0, 0.1) is 0 Å². The van der Waals surface area contributed by atoms with Crippen LogP contribution in [0.25, 0.3) is 0 Å². The molecule has 154 valence electrons. The predicted molar refractivity (Wildman–Crippen MR) is 119 cm³/mol. The lowest BCUT2D eigenvalue weighted by atomic mass is 10.1. The van der Waals surface area contributed by atoms with Gasteiger partial charge in [0, 0.05) is 30.6 Å². The third-order valence-corrected chi connectivity index (χ3v) is 5.67. The SMILES string of the molecule is CCNC(=NCC(c1ccc(OC)cc1)N(C)C)NCCc1ncc(CC)s1. The number of aliphatic imine (C=N–C) groups is 1. The number of nitrogens with zero attached hydrogens (tertiary/aromatic N) is 3. The fourth-order valence-electron chi connectivity index (χ4n) is 2.83. The van der Waals surface area contributed by atoms with E-state index in [1.165, 1.54) is 15.4 Å². The van der Waals surface area contributed by atoms with Gasteiger partial charge in [-0.2, -0.15) is 0 Å². The number of guanidine groups is 1. The lowest BCUT2D eigenvalue weighted by Gasteiger charge is -2.24. The van der Waals surface area contributed by atoms with Gasteiger partial charge in [-0.15, -0.1) is 11.3 Å². The molecule has 1 atom stereocenters. The van der Waals surface area contributed by atoms with Gasteiger partial charge in [0.15, 0.2) is 5.96 Å². The molecule has 6 nitrogen and oxygen atoms in total. The molecule has 0 spiro atoms. The minimum absolute atomic E-state index is 0.201. The van der Waals surface area contributed by atoms with Gasteiger partial charge in [-0.1, -0.05) is 19.1 Å². The van der Waals surface area contributed by atoms with Gasteiger partial charge in [0.25, 0.3) is 0 Å². The summed E-state index contributed by atoms with van der Waals surface area (Å²) in [7, 11) is 5.85. The second-order valence-electron chi connectivity index (χ2n) is 6.72. The summed E-state index contributed by atoms with van der Waals surface area (Å²) in [5.41, 5.74) is 1.22. The molecule has 0 fully saturated rings. The Morgan fingerprint density at radius 1 is 1.21 bits per heavy atom. The highest BCUT2D eigenvalue weighted by atomic mass is 32.1. The molecular weight excluding hydrogens is 370 g/mol. The second kappa shape index (κ2) is 11.7. The summed E-state index contributed by atoms with van der Waals surface area (Å²) in [6.45, 7) is 6.57. The van der Waals surface area contributed by atoms with Crippen LogP contribution in [0.5, 0.6) is 5.75 Å². The molecule has 2 aromatic rings. The molecule has 0 aliphatic heterocycles. The molecule has 0 amide bonds. The topological polar surface area (TPSA) is 61.8 Å². The molecular formula is C21H33N5OS. The van der Waals surface area contributed by atoms with Crippen molar-refractivity contribution < 1.29 is 4.74 Å². The van der Waals surface area contributed by atoms with Crippen LogP contribution in [-0.2, 0) is 12.8 Å². The van der Waals surface area contributed by atoms with Gasteiger partial charge in [0.2, 0.25) is 0 Å². The molecule has 28 heavy (non-hydrogen) atoms. The summed E-state index contributed by atoms with van der Waals surface area (Å²) in [6, 6.07) is 8.41. The maximum Gasteiger partial charge on any atom is 0.191 e. The van der Waals surface area contributed by atoms with E-state index < -0.39 is 0 Å². The van der Waals surface area contributed by atoms with Crippen molar-refractivity contribution in [1.29, 1.82) is 0 Å². The van der Waals surface area contributed by atoms with Crippen molar-refractivity contribution in [2.75, 3.05) is 40.8 Å². The van der Waals surface area contributed by atoms with Crippen molar-refractivity contribution in [1.82, 2.24) is 20.5 Å². The molecule has 0 radical (unpaired) electrons. The van der Waals surface area contributed by atoms with Gasteiger partial charge < -0.3 is 20.3 Å². The van der Waals surface area contributed by atoms with Gasteiger partial charge in [-0.05, 0) is 45.1 Å². The van der Waals surface area contributed by atoms with Crippen molar-refractivity contribution in [2.24, 2.45) is 4.99 Å². The number of hydrogen-bond donors (Lipinski definition) is 2. The molecule has 0 saturated heterocycles. The minimum atomic E-state index is 0.201. The van der Waals surface area contributed by atoms with Crippen molar-refractivity contribution in [3.8, 4) is 5.75 Å². The minimum Gasteiger partial charge on any atom is -0.497 e. The van der Waals surface area contributed by atoms with Crippen molar-refractivity contribution >= 4 is 17.3 Å². The van der Waals surface area contributed by atoms with Gasteiger partial charge in [-0.25, -0.2) is 4.98 Å². The van der Waals surface area contributed by atoms with Crippen molar-refractivity contribution in [3.05, 3.63) is 45.9 Å². The van der Waals surface area contributed by atoms with E-state index in [4.69, 9.17) is 9.73 Å². The Kier molecular flexibility index (Phi) is 9.23. The molecule has 7 heteroatoms. The zero-order valence-electron chi connectivity index (χ0n) is 17.7. The van der Waals surface area contributed by atoms with Crippen LogP contribution in [0.2, 0.25) is 0 Å². The van der Waals surface area contributed by atoms with E-state index in [-0.39, 0.29) is 6.04 Å². The summed E-state index contributed by atoms with van der Waals surface area (Å²) >= 11 is 1.79. The number of methoxy groups -OCH3 is 1. The van der Waals surface area contributed by atoms with Crippen molar-refractivity contribution in [3.63, 3.8) is 0 Å². The molecule has 2 N–H and O–H groups in total. The van der Waals surface area contributed by atoms with Crippen molar-refractivity contribution in [2.45, 2.75) is 32.7 Å². The van der Waals surface area contributed by atoms with Crippen LogP contribution in [0.3, 0.4) is 0 Å². The highest BCUT2D eigenvalue weighted by molar-refractivity contribution is 7.11. The van der Waals surface area contributed by atoms with Crippen LogP contribution in [0.15, 0.2) is 35.5 Å². The number of thiazole rings is 1. The Bertz CT molecular complexity index is 727. The number of benzene rings is 1. The summed E-state index contributed by atoms with van der Waals surface area (Å²) in [4.78, 5) is 12.8. The average molecular weight is 404 g/mol. The number of aromatic nitrogens is 1. The lowest BCUT2D eigenvalue weighted by molar-refractivity contribution is 0.306. The van der Waals surface area contributed by atoms with Crippen LogP contribution in [0.1, 0.15) is 35.3 Å². The quantitative estimate of drug-likeness (QED) is 0.471. The first-order valence-electron chi connectivity index (χ1n) is 9.83. The molecule has 1 aromatic carbocycles. The first-order chi connectivity index (χ1) is 13.6. The number of aryl methyl sites for hydroxylation is 1. The zero-order chi connectivity index (χ0) is 20.4. The molecule has 2 rings (SSSR count). The predicted octanol–water partition coefficient (Wildman–Crippen LogP) is 3.11. The first-order valence-corrected chi connectivity index (χ1v) is 10.6. The molecule has 1 aromatic heterocycles. The molecule has 1 unspecified atom stereocenters. The summed E-state index contributed by atoms with van der Waals surface area (Å²) in [5, 5.41) is 7.93. The summed E-state index contributed by atoms with van der Waals surface area (Å²) in [5.74, 6) is 1.71. The zero-order valence-corrected chi connectivity index (χ0v) is 18.5. The monoisotopic (exact) mass is 403 g/mol. The normalized spacial score (nSPS) is 12.9. The fourth-order valence-corrected chi connectivity index (χ4v) is 3.69. The number of hydrogen-bond acceptors (Lipinski definition) is 5. The number of likely N-dealkylation sites (N-methyl/N-ethyl adjacent to an activating group) is 1. The summed E-state index contributed by atoms with van der Waals surface area (Å²) in [6.07, 6.45) is 3.94. The number of nitrogens with one attached hydrogen (secondary N) is 2. The maximum atomic E-state index is 5.26. The van der Waals surface area contributed by atoms with E-state index >= 15 is 0 Å². The smallest absolute Gasteiger partial charge is 0.191 e. The highest BCUT2D eigenvalue weighted by Gasteiger charge is 2.14. The molecule has 0 aliphatic carbocycles. The third-order valence-electron chi connectivity index (χ3n) is 4.47. The van der Waals surface area contributed by atoms with E-state index in [9.17, 15) is 0 Å². The Hall–Kier alpha value is -2.12. The summed E-state index contributed by atoms with van der Waals surface area (Å²) < 4.78 is 5.26. The number of ether oxygens (including phenoxy) is 1. The van der Waals surface area contributed by atoms with Crippen LogP contribution >= 0.6 is 11.3 Å². The lowest BCUT2D eigenvalue weighted by Crippen LogP contribution is -2.39. The van der Waals surface area contributed by atoms with E-state index in [2.05, 4.69) is 60.6 Å². The van der Waals surface area contributed by atoms with Crippen LogP contribution in [0.4, 0.5) is 0 Å². The van der Waals surface area contributed by atoms with Gasteiger partial charge in [-0.3, -0.25) is 4.99 Å². The molecule has 0 saturated carbocycles. The van der Waals surface area contributed by atoms with E-state index in [1.807, 2.05) is 18.3 Å². The third kappa shape index (κ3) is 6.80.